The van der Waals surface area contributed by atoms with Gasteiger partial charge < -0.3 is 9.90 Å². The minimum atomic E-state index is -1.11. The number of aliphatic carboxylic acids is 1. The number of carbonyl (C=O) groups is 1. The van der Waals surface area contributed by atoms with Crippen LogP contribution in [0.3, 0.4) is 0 Å². The zero-order valence-electron chi connectivity index (χ0n) is 6.15. The van der Waals surface area contributed by atoms with Crippen molar-refractivity contribution in [2.75, 3.05) is 0 Å². The Kier molecular flexibility index (Phi) is 1.93. The van der Waals surface area contributed by atoms with Crippen LogP contribution in [-0.4, -0.2) is 5.97 Å². The summed E-state index contributed by atoms with van der Waals surface area (Å²) in [4.78, 5) is 10.4. The lowest BCUT2D eigenvalue weighted by molar-refractivity contribution is -0.308. The quantitative estimate of drug-likeness (QED) is 0.626. The van der Waals surface area contributed by atoms with Crippen LogP contribution in [0.2, 0.25) is 0 Å². The predicted molar refractivity (Wildman–Crippen MR) is 41.0 cm³/mol. The molecule has 2 nitrogen and oxygen atoms in total. The minimum Gasteiger partial charge on any atom is -0.549 e. The summed E-state index contributed by atoms with van der Waals surface area (Å²) in [6, 6.07) is 0. The van der Waals surface area contributed by atoms with Gasteiger partial charge in [-0.25, -0.2) is 0 Å². The normalized spacial score (nSPS) is 26.5. The third kappa shape index (κ3) is 1.25. The Labute approximate surface area is 74.8 Å². The van der Waals surface area contributed by atoms with Crippen LogP contribution >= 0.6 is 23.2 Å². The molecule has 0 N–H and O–H groups in total. The number of carboxylic acid groups (broad SMARTS) is 1. The van der Waals surface area contributed by atoms with Crippen molar-refractivity contribution >= 4 is 29.2 Å². The highest BCUT2D eigenvalue weighted by Crippen LogP contribution is 2.60. The van der Waals surface area contributed by atoms with E-state index in [0.29, 0.717) is 5.57 Å². The van der Waals surface area contributed by atoms with Crippen molar-refractivity contribution in [3.8, 4) is 0 Å². The molecular weight excluding hydrogens is 187 g/mol. The smallest absolute Gasteiger partial charge is 0.107 e. The van der Waals surface area contributed by atoms with Gasteiger partial charge in [-0.05, 0) is 5.57 Å². The molecule has 0 aromatic rings. The molecular formula is C7H7Cl2O2-. The summed E-state index contributed by atoms with van der Waals surface area (Å²) in [6.45, 7) is 3.54. The Hall–Kier alpha value is -0.210. The van der Waals surface area contributed by atoms with Crippen LogP contribution in [0.5, 0.6) is 0 Å². The summed E-state index contributed by atoms with van der Waals surface area (Å²) < 4.78 is 0.0594. The summed E-state index contributed by atoms with van der Waals surface area (Å²) in [5.74, 6) is -1.71. The van der Waals surface area contributed by atoms with Gasteiger partial charge in [-0.2, -0.15) is 0 Å². The molecule has 0 saturated heterocycles. The third-order valence-electron chi connectivity index (χ3n) is 2.06. The SMILES string of the molecule is CC1(C)C(=C(Cl)Cl)[C@@H]1C(=O)[O-]. The van der Waals surface area contributed by atoms with Gasteiger partial charge in [0, 0.05) is 17.3 Å². The summed E-state index contributed by atoms with van der Waals surface area (Å²) in [5.41, 5.74) is 0.151. The third-order valence-corrected chi connectivity index (χ3v) is 2.47. The zero-order valence-corrected chi connectivity index (χ0v) is 7.66. The fraction of sp³-hybridized carbons (Fsp3) is 0.571. The van der Waals surface area contributed by atoms with Crippen molar-refractivity contribution < 1.29 is 9.90 Å². The van der Waals surface area contributed by atoms with Crippen molar-refractivity contribution in [3.05, 3.63) is 10.1 Å². The molecule has 0 amide bonds. The van der Waals surface area contributed by atoms with Gasteiger partial charge in [-0.3, -0.25) is 0 Å². The maximum absolute atomic E-state index is 10.4. The number of hydrogen-bond acceptors (Lipinski definition) is 2. The summed E-state index contributed by atoms with van der Waals surface area (Å²) in [5, 5.41) is 10.4. The molecule has 0 aromatic carbocycles. The molecule has 1 fully saturated rings. The van der Waals surface area contributed by atoms with Gasteiger partial charge in [0.1, 0.15) is 4.49 Å². The van der Waals surface area contributed by atoms with Crippen molar-refractivity contribution in [1.82, 2.24) is 0 Å². The predicted octanol–water partition coefficient (Wildman–Crippen LogP) is 1.08. The monoisotopic (exact) mass is 193 g/mol. The molecule has 0 radical (unpaired) electrons. The number of hydrogen-bond donors (Lipinski definition) is 0. The van der Waals surface area contributed by atoms with Gasteiger partial charge in [0.25, 0.3) is 0 Å². The molecule has 0 unspecified atom stereocenters. The van der Waals surface area contributed by atoms with E-state index in [-0.39, 0.29) is 4.49 Å². The first-order valence-corrected chi connectivity index (χ1v) is 3.91. The van der Waals surface area contributed by atoms with Crippen LogP contribution in [0, 0.1) is 11.3 Å². The first kappa shape index (κ1) is 8.88. The van der Waals surface area contributed by atoms with Crippen molar-refractivity contribution in [3.63, 3.8) is 0 Å². The molecule has 0 bridgehead atoms. The van der Waals surface area contributed by atoms with Gasteiger partial charge >= 0.3 is 0 Å². The second kappa shape index (κ2) is 2.39. The van der Waals surface area contributed by atoms with Gasteiger partial charge in [-0.1, -0.05) is 37.0 Å². The average Bonchev–Trinajstić information content (AvgIpc) is 2.33. The molecule has 1 aliphatic carbocycles. The fourth-order valence-electron chi connectivity index (χ4n) is 1.31. The van der Waals surface area contributed by atoms with E-state index in [9.17, 15) is 9.90 Å². The summed E-state index contributed by atoms with van der Waals surface area (Å²) in [6.07, 6.45) is 0. The van der Waals surface area contributed by atoms with Crippen molar-refractivity contribution in [2.24, 2.45) is 11.3 Å². The second-order valence-electron chi connectivity index (χ2n) is 3.15. The van der Waals surface area contributed by atoms with Gasteiger partial charge in [0.15, 0.2) is 0 Å². The Morgan fingerprint density at radius 1 is 1.55 bits per heavy atom. The molecule has 1 saturated carbocycles. The first-order chi connectivity index (χ1) is 4.89. The Balaban J connectivity index is 2.94. The van der Waals surface area contributed by atoms with Crippen LogP contribution in [0.4, 0.5) is 0 Å². The molecule has 4 heteroatoms. The molecule has 1 aliphatic rings. The number of rotatable bonds is 1. The second-order valence-corrected chi connectivity index (χ2v) is 4.10. The topological polar surface area (TPSA) is 40.1 Å². The number of carboxylic acids is 1. The lowest BCUT2D eigenvalue weighted by atomic mass is 10.1. The molecule has 1 atom stereocenters. The van der Waals surface area contributed by atoms with Gasteiger partial charge in [0.2, 0.25) is 0 Å². The van der Waals surface area contributed by atoms with Gasteiger partial charge in [0.05, 0.1) is 0 Å². The van der Waals surface area contributed by atoms with Crippen molar-refractivity contribution in [2.45, 2.75) is 13.8 Å². The summed E-state index contributed by atoms with van der Waals surface area (Å²) >= 11 is 10.9. The van der Waals surface area contributed by atoms with Crippen LogP contribution in [0.25, 0.3) is 0 Å². The largest absolute Gasteiger partial charge is 0.549 e. The minimum absolute atomic E-state index is 0.0594. The molecule has 0 aromatic heterocycles. The zero-order chi connectivity index (χ0) is 8.81. The molecule has 11 heavy (non-hydrogen) atoms. The van der Waals surface area contributed by atoms with E-state index in [2.05, 4.69) is 0 Å². The van der Waals surface area contributed by atoms with Crippen LogP contribution in [0.1, 0.15) is 13.8 Å². The lowest BCUT2D eigenvalue weighted by Crippen LogP contribution is -2.26. The van der Waals surface area contributed by atoms with Crippen LogP contribution < -0.4 is 5.11 Å². The van der Waals surface area contributed by atoms with E-state index in [4.69, 9.17) is 23.2 Å². The van der Waals surface area contributed by atoms with E-state index >= 15 is 0 Å². The summed E-state index contributed by atoms with van der Waals surface area (Å²) in [7, 11) is 0. The number of halogens is 2. The molecule has 0 spiro atoms. The van der Waals surface area contributed by atoms with E-state index in [0.717, 1.165) is 0 Å². The van der Waals surface area contributed by atoms with E-state index < -0.39 is 17.3 Å². The maximum atomic E-state index is 10.4. The average molecular weight is 194 g/mol. The van der Waals surface area contributed by atoms with Crippen LogP contribution in [0.15, 0.2) is 10.1 Å². The van der Waals surface area contributed by atoms with Crippen molar-refractivity contribution in [1.29, 1.82) is 0 Å². The van der Waals surface area contributed by atoms with E-state index in [1.165, 1.54) is 0 Å². The molecule has 62 valence electrons. The molecule has 0 aliphatic heterocycles. The Bertz CT molecular complexity index is 239. The Morgan fingerprint density at radius 3 is 2.09 bits per heavy atom. The fourth-order valence-corrected chi connectivity index (χ4v) is 2.02. The highest BCUT2D eigenvalue weighted by Gasteiger charge is 2.54. The van der Waals surface area contributed by atoms with Gasteiger partial charge in [-0.15, -0.1) is 0 Å². The molecule has 0 heterocycles. The van der Waals surface area contributed by atoms with E-state index in [1.807, 2.05) is 0 Å². The molecule has 1 rings (SSSR count). The maximum Gasteiger partial charge on any atom is 0.107 e. The Morgan fingerprint density at radius 2 is 2.00 bits per heavy atom. The first-order valence-electron chi connectivity index (χ1n) is 3.15. The van der Waals surface area contributed by atoms with Crippen LogP contribution in [-0.2, 0) is 4.79 Å². The lowest BCUT2D eigenvalue weighted by Gasteiger charge is -1.99. The standard InChI is InChI=1S/C7H8Cl2O2/c1-7(2)3(5(8)9)4(7)6(10)11/h4H,1-2H3,(H,10,11)/p-1/t4-/m1/s1. The highest BCUT2D eigenvalue weighted by atomic mass is 35.5. The highest BCUT2D eigenvalue weighted by molar-refractivity contribution is 6.56. The van der Waals surface area contributed by atoms with E-state index in [1.54, 1.807) is 13.8 Å². The number of carbonyl (C=O) groups excluding carboxylic acids is 1.